The summed E-state index contributed by atoms with van der Waals surface area (Å²) in [5.74, 6) is 0.218. The molecule has 2 aromatic rings. The number of piperidine rings is 1. The molecular weight excluding hydrogens is 370 g/mol. The van der Waals surface area contributed by atoms with Crippen molar-refractivity contribution >= 4 is 22.4 Å². The molecule has 2 atom stereocenters. The van der Waals surface area contributed by atoms with Gasteiger partial charge >= 0.3 is 0 Å². The number of anilines is 1. The molecule has 146 valence electrons. The second kappa shape index (κ2) is 6.84. The molecule has 4 heterocycles. The maximum Gasteiger partial charge on any atom is 0.273 e. The number of amides is 1. The Hall–Kier alpha value is -2.04. The summed E-state index contributed by atoms with van der Waals surface area (Å²) in [5.41, 5.74) is 0.772. The third-order valence-corrected chi connectivity index (χ3v) is 6.28. The molecule has 2 aliphatic heterocycles. The Balaban J connectivity index is 1.45. The summed E-state index contributed by atoms with van der Waals surface area (Å²) in [6, 6.07) is 1.58. The quantitative estimate of drug-likeness (QED) is 0.798. The maximum absolute atomic E-state index is 12.5. The van der Waals surface area contributed by atoms with Crippen molar-refractivity contribution in [2.45, 2.75) is 50.4 Å². The van der Waals surface area contributed by atoms with Crippen molar-refractivity contribution in [3.8, 4) is 0 Å². The predicted octanol–water partition coefficient (Wildman–Crippen LogP) is 1.14. The van der Waals surface area contributed by atoms with Gasteiger partial charge in [-0.2, -0.15) is 0 Å². The van der Waals surface area contributed by atoms with E-state index in [9.17, 15) is 9.90 Å². The van der Waals surface area contributed by atoms with Gasteiger partial charge in [-0.1, -0.05) is 16.5 Å². The minimum absolute atomic E-state index is 0.188. The van der Waals surface area contributed by atoms with Gasteiger partial charge in [-0.15, -0.1) is 10.2 Å². The van der Waals surface area contributed by atoms with Crippen molar-refractivity contribution in [1.29, 1.82) is 0 Å². The number of ether oxygens (including phenoxy) is 1. The van der Waals surface area contributed by atoms with Crippen molar-refractivity contribution in [1.82, 2.24) is 20.7 Å². The van der Waals surface area contributed by atoms with Gasteiger partial charge in [-0.05, 0) is 26.7 Å². The number of nitrogens with one attached hydrogen (secondary N) is 1. The van der Waals surface area contributed by atoms with Crippen molar-refractivity contribution < 1.29 is 19.2 Å². The number of hydrogen-bond donors (Lipinski definition) is 2. The highest BCUT2D eigenvalue weighted by molar-refractivity contribution is 7.13. The molecule has 2 fully saturated rings. The summed E-state index contributed by atoms with van der Waals surface area (Å²) in [6.45, 7) is 5.39. The summed E-state index contributed by atoms with van der Waals surface area (Å²) in [5, 5.41) is 26.2. The van der Waals surface area contributed by atoms with E-state index in [1.807, 2.05) is 6.92 Å². The van der Waals surface area contributed by atoms with E-state index in [4.69, 9.17) is 9.26 Å². The number of aliphatic hydroxyl groups excluding tert-OH is 1. The van der Waals surface area contributed by atoms with Gasteiger partial charge < -0.3 is 24.6 Å². The first-order valence-electron chi connectivity index (χ1n) is 8.98. The van der Waals surface area contributed by atoms with Crippen LogP contribution in [0.5, 0.6) is 0 Å². The molecule has 1 amide bonds. The van der Waals surface area contributed by atoms with Crippen LogP contribution in [0, 0.1) is 6.92 Å². The minimum atomic E-state index is -0.799. The van der Waals surface area contributed by atoms with Crippen LogP contribution in [-0.2, 0) is 4.74 Å². The van der Waals surface area contributed by atoms with Crippen molar-refractivity contribution in [3.63, 3.8) is 0 Å². The normalized spacial score (nSPS) is 27.7. The van der Waals surface area contributed by atoms with Crippen LogP contribution in [0.1, 0.15) is 42.4 Å². The maximum atomic E-state index is 12.5. The summed E-state index contributed by atoms with van der Waals surface area (Å²) < 4.78 is 11.1. The molecule has 2 aliphatic rings. The Labute approximate surface area is 160 Å². The van der Waals surface area contributed by atoms with Crippen LogP contribution in [0.3, 0.4) is 0 Å². The topological polar surface area (TPSA) is 114 Å². The summed E-state index contributed by atoms with van der Waals surface area (Å²) in [6.07, 6.45) is 1.34. The zero-order chi connectivity index (χ0) is 19.1. The molecule has 4 rings (SSSR count). The number of aromatic nitrogens is 3. The van der Waals surface area contributed by atoms with Gasteiger partial charge in [0.1, 0.15) is 17.4 Å². The summed E-state index contributed by atoms with van der Waals surface area (Å²) >= 11 is 1.52. The van der Waals surface area contributed by atoms with E-state index < -0.39 is 11.6 Å². The monoisotopic (exact) mass is 393 g/mol. The van der Waals surface area contributed by atoms with Crippen LogP contribution in [0.15, 0.2) is 16.1 Å². The van der Waals surface area contributed by atoms with Crippen molar-refractivity contribution in [2.75, 3.05) is 24.6 Å². The third kappa shape index (κ3) is 3.56. The Morgan fingerprint density at radius 2 is 2.22 bits per heavy atom. The van der Waals surface area contributed by atoms with Crippen molar-refractivity contribution in [2.24, 2.45) is 0 Å². The molecule has 0 aliphatic carbocycles. The molecule has 2 N–H and O–H groups in total. The number of aliphatic hydroxyl groups is 1. The number of nitrogens with zero attached hydrogens (tertiary/aromatic N) is 4. The molecule has 27 heavy (non-hydrogen) atoms. The Morgan fingerprint density at radius 3 is 2.85 bits per heavy atom. The first-order chi connectivity index (χ1) is 12.9. The fourth-order valence-corrected chi connectivity index (χ4v) is 4.55. The molecule has 0 radical (unpaired) electrons. The molecule has 2 saturated heterocycles. The smallest absolute Gasteiger partial charge is 0.273 e. The Kier molecular flexibility index (Phi) is 4.65. The van der Waals surface area contributed by atoms with Gasteiger partial charge in [0, 0.05) is 25.6 Å². The van der Waals surface area contributed by atoms with Crippen LogP contribution >= 0.6 is 11.3 Å². The fourth-order valence-electron chi connectivity index (χ4n) is 3.93. The Morgan fingerprint density at radius 1 is 1.44 bits per heavy atom. The minimum Gasteiger partial charge on any atom is -0.388 e. The van der Waals surface area contributed by atoms with E-state index in [-0.39, 0.29) is 23.8 Å². The first kappa shape index (κ1) is 18.3. The average molecular weight is 393 g/mol. The number of rotatable bonds is 3. The van der Waals surface area contributed by atoms with Gasteiger partial charge in [0.15, 0.2) is 5.69 Å². The lowest BCUT2D eigenvalue weighted by molar-refractivity contribution is -0.167. The van der Waals surface area contributed by atoms with Gasteiger partial charge in [-0.25, -0.2) is 0 Å². The molecule has 9 nitrogen and oxygen atoms in total. The zero-order valence-corrected chi connectivity index (χ0v) is 16.2. The van der Waals surface area contributed by atoms with E-state index in [1.54, 1.807) is 18.5 Å². The lowest BCUT2D eigenvalue weighted by atomic mass is 9.74. The molecule has 2 aromatic heterocycles. The molecule has 0 bridgehead atoms. The largest absolute Gasteiger partial charge is 0.388 e. The first-order valence-corrected chi connectivity index (χ1v) is 9.86. The zero-order valence-electron chi connectivity index (χ0n) is 15.3. The van der Waals surface area contributed by atoms with Gasteiger partial charge in [-0.3, -0.25) is 4.79 Å². The fraction of sp³-hybridized carbons (Fsp3) is 0.647. The SMILES string of the molecule is Cc1cc(C(=O)N[C@]2(C)CC3(CCN(c4nncs4)CC3)OC[C@H]2O)no1. The number of carbonyl (C=O) groups is 1. The average Bonchev–Trinajstić information content (AvgIpc) is 3.31. The van der Waals surface area contributed by atoms with E-state index in [0.29, 0.717) is 12.2 Å². The molecular formula is C17H23N5O4S. The molecule has 0 saturated carbocycles. The second-order valence-corrected chi connectivity index (χ2v) is 8.40. The molecule has 10 heteroatoms. The van der Waals surface area contributed by atoms with E-state index in [1.165, 1.54) is 11.3 Å². The third-order valence-electron chi connectivity index (χ3n) is 5.53. The Bertz CT molecular complexity index is 802. The van der Waals surface area contributed by atoms with Gasteiger partial charge in [0.05, 0.1) is 17.7 Å². The van der Waals surface area contributed by atoms with Crippen LogP contribution in [0.2, 0.25) is 0 Å². The molecule has 0 unspecified atom stereocenters. The lowest BCUT2D eigenvalue weighted by Gasteiger charge is -2.51. The number of aryl methyl sites for hydroxylation is 1. The standard InChI is InChI=1S/C17H23N5O4S/c1-11-7-12(21-26-11)14(24)19-16(2)9-17(25-8-13(16)23)3-5-22(6-4-17)15-20-18-10-27-15/h7,10,13,23H,3-6,8-9H2,1-2H3,(H,19,24)/t13-,16-/m1/s1. The van der Waals surface area contributed by atoms with Crippen molar-refractivity contribution in [3.05, 3.63) is 23.0 Å². The highest BCUT2D eigenvalue weighted by Crippen LogP contribution is 2.40. The van der Waals surface area contributed by atoms with E-state index in [0.717, 1.165) is 31.1 Å². The number of carbonyl (C=O) groups excluding carboxylic acids is 1. The molecule has 1 spiro atoms. The highest BCUT2D eigenvalue weighted by Gasteiger charge is 2.50. The van der Waals surface area contributed by atoms with Crippen LogP contribution in [0.4, 0.5) is 5.13 Å². The van der Waals surface area contributed by atoms with E-state index >= 15 is 0 Å². The lowest BCUT2D eigenvalue weighted by Crippen LogP contribution is -2.65. The summed E-state index contributed by atoms with van der Waals surface area (Å²) in [4.78, 5) is 14.7. The van der Waals surface area contributed by atoms with Gasteiger partial charge in [0.2, 0.25) is 5.13 Å². The van der Waals surface area contributed by atoms with Gasteiger partial charge in [0.25, 0.3) is 5.91 Å². The predicted molar refractivity (Wildman–Crippen MR) is 97.8 cm³/mol. The van der Waals surface area contributed by atoms with E-state index in [2.05, 4.69) is 25.6 Å². The highest BCUT2D eigenvalue weighted by atomic mass is 32.1. The summed E-state index contributed by atoms with van der Waals surface area (Å²) in [7, 11) is 0. The van der Waals surface area contributed by atoms with Crippen LogP contribution < -0.4 is 10.2 Å². The molecule has 0 aromatic carbocycles. The van der Waals surface area contributed by atoms with Crippen LogP contribution in [0.25, 0.3) is 0 Å². The second-order valence-electron chi connectivity index (χ2n) is 7.59. The van der Waals surface area contributed by atoms with Crippen LogP contribution in [-0.4, -0.2) is 63.3 Å². The number of hydrogen-bond acceptors (Lipinski definition) is 9.